The Balaban J connectivity index is 1.69. The Bertz CT molecular complexity index is 573. The number of pyridine rings is 1. The lowest BCUT2D eigenvalue weighted by Gasteiger charge is -2.32. The monoisotopic (exact) mass is 304 g/mol. The molecule has 21 heavy (non-hydrogen) atoms. The summed E-state index contributed by atoms with van der Waals surface area (Å²) in [5.41, 5.74) is 4.02. The number of morpholine rings is 1. The number of nitrogens with zero attached hydrogens (tertiary/aromatic N) is 4. The Labute approximate surface area is 129 Å². The van der Waals surface area contributed by atoms with E-state index in [9.17, 15) is 0 Å². The van der Waals surface area contributed by atoms with E-state index in [0.29, 0.717) is 0 Å². The first kappa shape index (κ1) is 14.4. The van der Waals surface area contributed by atoms with Crippen LogP contribution in [0.25, 0.3) is 0 Å². The van der Waals surface area contributed by atoms with E-state index in [1.807, 2.05) is 42.7 Å². The Morgan fingerprint density at radius 1 is 1.43 bits per heavy atom. The molecule has 5 nitrogen and oxygen atoms in total. The summed E-state index contributed by atoms with van der Waals surface area (Å²) >= 11 is 1.64. The second-order valence-corrected chi connectivity index (χ2v) is 6.11. The van der Waals surface area contributed by atoms with Crippen LogP contribution in [0.4, 0.5) is 5.82 Å². The summed E-state index contributed by atoms with van der Waals surface area (Å²) in [4.78, 5) is 13.4. The van der Waals surface area contributed by atoms with Crippen molar-refractivity contribution in [3.05, 3.63) is 40.5 Å². The molecule has 0 spiro atoms. The third-order valence-electron chi connectivity index (χ3n) is 3.56. The molecule has 2 aromatic rings. The number of thiazole rings is 1. The van der Waals surface area contributed by atoms with Crippen LogP contribution in [0.3, 0.4) is 0 Å². The standard InChI is InChI=1S/C15H20N4OS/c1-18(2)15-5-3-4-13(17-15)14-9-19(6-7-20-14)8-12-10-21-11-16-12/h3-5,10-11,14H,6-9H2,1-2H3. The number of anilines is 1. The predicted molar refractivity (Wildman–Crippen MR) is 84.6 cm³/mol. The van der Waals surface area contributed by atoms with Gasteiger partial charge in [-0.3, -0.25) is 4.90 Å². The molecular weight excluding hydrogens is 284 g/mol. The molecule has 0 aliphatic carbocycles. The maximum Gasteiger partial charge on any atom is 0.128 e. The minimum absolute atomic E-state index is 0.0392. The lowest BCUT2D eigenvalue weighted by atomic mass is 10.2. The van der Waals surface area contributed by atoms with E-state index in [4.69, 9.17) is 4.74 Å². The highest BCUT2D eigenvalue weighted by atomic mass is 32.1. The molecule has 1 atom stereocenters. The largest absolute Gasteiger partial charge is 0.369 e. The Hall–Kier alpha value is -1.50. The fourth-order valence-electron chi connectivity index (χ4n) is 2.44. The van der Waals surface area contributed by atoms with Crippen LogP contribution >= 0.6 is 11.3 Å². The summed E-state index contributed by atoms with van der Waals surface area (Å²) in [5, 5.41) is 2.11. The third kappa shape index (κ3) is 3.58. The van der Waals surface area contributed by atoms with Gasteiger partial charge in [-0.2, -0.15) is 0 Å². The molecule has 1 fully saturated rings. The summed E-state index contributed by atoms with van der Waals surface area (Å²) < 4.78 is 5.91. The summed E-state index contributed by atoms with van der Waals surface area (Å²) in [7, 11) is 4.00. The van der Waals surface area contributed by atoms with E-state index >= 15 is 0 Å². The van der Waals surface area contributed by atoms with Gasteiger partial charge in [0.05, 0.1) is 23.5 Å². The van der Waals surface area contributed by atoms with Crippen molar-refractivity contribution in [3.63, 3.8) is 0 Å². The average molecular weight is 304 g/mol. The first-order chi connectivity index (χ1) is 10.2. The second kappa shape index (κ2) is 6.51. The van der Waals surface area contributed by atoms with Crippen LogP contribution in [-0.2, 0) is 11.3 Å². The van der Waals surface area contributed by atoms with Crippen molar-refractivity contribution in [2.45, 2.75) is 12.6 Å². The van der Waals surface area contributed by atoms with E-state index in [-0.39, 0.29) is 6.10 Å². The van der Waals surface area contributed by atoms with Crippen LogP contribution in [-0.4, -0.2) is 48.7 Å². The molecule has 3 heterocycles. The van der Waals surface area contributed by atoms with Crippen molar-refractivity contribution in [2.24, 2.45) is 0 Å². The van der Waals surface area contributed by atoms with Gasteiger partial charge in [0.25, 0.3) is 0 Å². The minimum Gasteiger partial charge on any atom is -0.369 e. The Morgan fingerprint density at radius 2 is 2.33 bits per heavy atom. The quantitative estimate of drug-likeness (QED) is 0.866. The molecule has 0 radical (unpaired) electrons. The van der Waals surface area contributed by atoms with Crippen molar-refractivity contribution in [3.8, 4) is 0 Å². The SMILES string of the molecule is CN(C)c1cccc(C2CN(Cc3cscn3)CCO2)n1. The van der Waals surface area contributed by atoms with E-state index in [0.717, 1.165) is 43.4 Å². The summed E-state index contributed by atoms with van der Waals surface area (Å²) in [6.07, 6.45) is 0.0392. The highest BCUT2D eigenvalue weighted by molar-refractivity contribution is 7.07. The second-order valence-electron chi connectivity index (χ2n) is 5.39. The maximum atomic E-state index is 5.91. The van der Waals surface area contributed by atoms with Crippen LogP contribution in [0.15, 0.2) is 29.1 Å². The summed E-state index contributed by atoms with van der Waals surface area (Å²) in [6, 6.07) is 6.10. The number of rotatable bonds is 4. The molecule has 1 unspecified atom stereocenters. The molecule has 0 bridgehead atoms. The van der Waals surface area contributed by atoms with Crippen LogP contribution in [0, 0.1) is 0 Å². The molecule has 0 aromatic carbocycles. The van der Waals surface area contributed by atoms with E-state index in [1.54, 1.807) is 11.3 Å². The molecule has 0 saturated carbocycles. The first-order valence-corrected chi connectivity index (χ1v) is 8.02. The Morgan fingerprint density at radius 3 is 3.10 bits per heavy atom. The van der Waals surface area contributed by atoms with Gasteiger partial charge in [0.15, 0.2) is 0 Å². The zero-order chi connectivity index (χ0) is 14.7. The normalized spacial score (nSPS) is 19.6. The minimum atomic E-state index is 0.0392. The number of ether oxygens (including phenoxy) is 1. The molecule has 1 aliphatic heterocycles. The van der Waals surface area contributed by atoms with Gasteiger partial charge in [0.2, 0.25) is 0 Å². The maximum absolute atomic E-state index is 5.91. The van der Waals surface area contributed by atoms with Gasteiger partial charge in [-0.15, -0.1) is 11.3 Å². The zero-order valence-corrected chi connectivity index (χ0v) is 13.2. The van der Waals surface area contributed by atoms with Crippen LogP contribution < -0.4 is 4.90 Å². The van der Waals surface area contributed by atoms with E-state index in [1.165, 1.54) is 0 Å². The van der Waals surface area contributed by atoms with Gasteiger partial charge in [-0.1, -0.05) is 6.07 Å². The van der Waals surface area contributed by atoms with Gasteiger partial charge in [-0.25, -0.2) is 9.97 Å². The molecule has 0 amide bonds. The topological polar surface area (TPSA) is 41.5 Å². The van der Waals surface area contributed by atoms with Crippen LogP contribution in [0.5, 0.6) is 0 Å². The number of hydrogen-bond acceptors (Lipinski definition) is 6. The molecule has 6 heteroatoms. The average Bonchev–Trinajstić information content (AvgIpc) is 3.00. The van der Waals surface area contributed by atoms with Gasteiger partial charge >= 0.3 is 0 Å². The molecule has 2 aromatic heterocycles. The fourth-order valence-corrected chi connectivity index (χ4v) is 2.99. The number of aromatic nitrogens is 2. The van der Waals surface area contributed by atoms with Crippen molar-refractivity contribution in [2.75, 3.05) is 38.7 Å². The summed E-state index contributed by atoms with van der Waals surface area (Å²) in [6.45, 7) is 3.43. The highest BCUT2D eigenvalue weighted by Crippen LogP contribution is 2.23. The van der Waals surface area contributed by atoms with Crippen LogP contribution in [0.1, 0.15) is 17.5 Å². The van der Waals surface area contributed by atoms with Gasteiger partial charge in [0.1, 0.15) is 11.9 Å². The lowest BCUT2D eigenvalue weighted by molar-refractivity contribution is -0.0352. The van der Waals surface area contributed by atoms with Gasteiger partial charge < -0.3 is 9.64 Å². The van der Waals surface area contributed by atoms with Crippen molar-refractivity contribution < 1.29 is 4.74 Å². The molecule has 1 saturated heterocycles. The van der Waals surface area contributed by atoms with E-state index < -0.39 is 0 Å². The molecule has 112 valence electrons. The molecule has 3 rings (SSSR count). The first-order valence-electron chi connectivity index (χ1n) is 7.07. The Kier molecular flexibility index (Phi) is 4.48. The zero-order valence-electron chi connectivity index (χ0n) is 12.4. The fraction of sp³-hybridized carbons (Fsp3) is 0.467. The lowest BCUT2D eigenvalue weighted by Crippen LogP contribution is -2.38. The third-order valence-corrected chi connectivity index (χ3v) is 4.20. The van der Waals surface area contributed by atoms with Crippen molar-refractivity contribution in [1.29, 1.82) is 0 Å². The van der Waals surface area contributed by atoms with Gasteiger partial charge in [0, 0.05) is 39.1 Å². The summed E-state index contributed by atoms with van der Waals surface area (Å²) in [5.74, 6) is 0.965. The molecule has 0 N–H and O–H groups in total. The predicted octanol–water partition coefficient (Wildman–Crippen LogP) is 2.18. The van der Waals surface area contributed by atoms with Crippen molar-refractivity contribution >= 4 is 17.2 Å². The van der Waals surface area contributed by atoms with Gasteiger partial charge in [-0.05, 0) is 12.1 Å². The van der Waals surface area contributed by atoms with Crippen LogP contribution in [0.2, 0.25) is 0 Å². The highest BCUT2D eigenvalue weighted by Gasteiger charge is 2.23. The van der Waals surface area contributed by atoms with Crippen molar-refractivity contribution in [1.82, 2.24) is 14.9 Å². The number of hydrogen-bond donors (Lipinski definition) is 0. The molecular formula is C15H20N4OS. The smallest absolute Gasteiger partial charge is 0.128 e. The van der Waals surface area contributed by atoms with E-state index in [2.05, 4.69) is 20.2 Å². The molecule has 1 aliphatic rings.